The summed E-state index contributed by atoms with van der Waals surface area (Å²) in [4.78, 5) is 0. The second-order valence-corrected chi connectivity index (χ2v) is 5.07. The first-order valence-corrected chi connectivity index (χ1v) is 6.63. The number of hydrogen-bond acceptors (Lipinski definition) is 2. The molecule has 0 bridgehead atoms. The molecule has 0 spiro atoms. The van der Waals surface area contributed by atoms with E-state index in [0.29, 0.717) is 16.6 Å². The molecule has 1 N–H and O–H groups in total. The predicted molar refractivity (Wildman–Crippen MR) is 71.3 cm³/mol. The smallest absolute Gasteiger partial charge is 0.101 e. The number of halogens is 1. The number of rotatable bonds is 2. The summed E-state index contributed by atoms with van der Waals surface area (Å²) in [6.07, 6.45) is 7.60. The summed E-state index contributed by atoms with van der Waals surface area (Å²) < 4.78 is 0. The molecule has 1 saturated carbocycles. The van der Waals surface area contributed by atoms with Crippen LogP contribution >= 0.6 is 11.6 Å². The van der Waals surface area contributed by atoms with Gasteiger partial charge in [-0.1, -0.05) is 37.3 Å². The van der Waals surface area contributed by atoms with Crippen molar-refractivity contribution in [2.24, 2.45) is 0 Å². The molecule has 0 radical (unpaired) electrons. The van der Waals surface area contributed by atoms with E-state index in [-0.39, 0.29) is 0 Å². The Hall–Kier alpha value is -1.20. The molecule has 1 aliphatic carbocycles. The van der Waals surface area contributed by atoms with E-state index in [0.717, 1.165) is 5.69 Å². The summed E-state index contributed by atoms with van der Waals surface area (Å²) in [5.41, 5.74) is 1.56. The lowest BCUT2D eigenvalue weighted by atomic mass is 10.1. The molecular formula is C14H17ClN2. The van der Waals surface area contributed by atoms with Crippen LogP contribution < -0.4 is 5.32 Å². The average Bonchev–Trinajstić information content (AvgIpc) is 2.58. The Kier molecular flexibility index (Phi) is 4.28. The Morgan fingerprint density at radius 2 is 1.88 bits per heavy atom. The number of nitrogens with one attached hydrogen (secondary N) is 1. The highest BCUT2D eigenvalue weighted by molar-refractivity contribution is 6.30. The first kappa shape index (κ1) is 12.3. The molecule has 2 nitrogen and oxygen atoms in total. The second-order valence-electron chi connectivity index (χ2n) is 4.63. The Balaban J connectivity index is 2.11. The van der Waals surface area contributed by atoms with Gasteiger partial charge in [0.25, 0.3) is 0 Å². The lowest BCUT2D eigenvalue weighted by molar-refractivity contribution is 0.620. The van der Waals surface area contributed by atoms with Crippen LogP contribution in [-0.4, -0.2) is 6.04 Å². The molecule has 3 heteroatoms. The third-order valence-corrected chi connectivity index (χ3v) is 3.55. The quantitative estimate of drug-likeness (QED) is 0.790. The average molecular weight is 249 g/mol. The second kappa shape index (κ2) is 5.93. The van der Waals surface area contributed by atoms with E-state index >= 15 is 0 Å². The van der Waals surface area contributed by atoms with Crippen molar-refractivity contribution in [2.75, 3.05) is 5.32 Å². The number of nitrogens with zero attached hydrogens (tertiary/aromatic N) is 1. The van der Waals surface area contributed by atoms with Crippen molar-refractivity contribution in [1.82, 2.24) is 0 Å². The zero-order valence-corrected chi connectivity index (χ0v) is 10.6. The van der Waals surface area contributed by atoms with Crippen LogP contribution in [-0.2, 0) is 0 Å². The fraction of sp³-hybridized carbons (Fsp3) is 0.500. The summed E-state index contributed by atoms with van der Waals surface area (Å²) in [5, 5.41) is 13.2. The van der Waals surface area contributed by atoms with Crippen LogP contribution in [0.25, 0.3) is 0 Å². The molecule has 1 fully saturated rings. The molecule has 0 aliphatic heterocycles. The lowest BCUT2D eigenvalue weighted by Gasteiger charge is -2.18. The van der Waals surface area contributed by atoms with Gasteiger partial charge in [0, 0.05) is 11.1 Å². The minimum Gasteiger partial charge on any atom is -0.381 e. The zero-order chi connectivity index (χ0) is 12.1. The van der Waals surface area contributed by atoms with Crippen LogP contribution in [0.5, 0.6) is 0 Å². The van der Waals surface area contributed by atoms with Crippen LogP contribution in [0.15, 0.2) is 18.2 Å². The molecule has 1 aromatic rings. The predicted octanol–water partition coefficient (Wildman–Crippen LogP) is 4.35. The molecule has 90 valence electrons. The van der Waals surface area contributed by atoms with Gasteiger partial charge in [0.1, 0.15) is 6.07 Å². The van der Waals surface area contributed by atoms with E-state index in [1.807, 2.05) is 6.07 Å². The lowest BCUT2D eigenvalue weighted by Crippen LogP contribution is -2.18. The molecule has 2 rings (SSSR count). The first-order chi connectivity index (χ1) is 8.29. The van der Waals surface area contributed by atoms with Crippen LogP contribution in [0.4, 0.5) is 5.69 Å². The first-order valence-electron chi connectivity index (χ1n) is 6.26. The van der Waals surface area contributed by atoms with Gasteiger partial charge in [0.15, 0.2) is 0 Å². The molecule has 0 aromatic heterocycles. The monoisotopic (exact) mass is 248 g/mol. The molecule has 17 heavy (non-hydrogen) atoms. The van der Waals surface area contributed by atoms with Crippen molar-refractivity contribution >= 4 is 17.3 Å². The van der Waals surface area contributed by atoms with Gasteiger partial charge < -0.3 is 5.32 Å². The van der Waals surface area contributed by atoms with E-state index in [9.17, 15) is 0 Å². The fourth-order valence-electron chi connectivity index (χ4n) is 2.38. The topological polar surface area (TPSA) is 35.8 Å². The molecule has 0 amide bonds. The van der Waals surface area contributed by atoms with Gasteiger partial charge >= 0.3 is 0 Å². The van der Waals surface area contributed by atoms with Crippen molar-refractivity contribution in [2.45, 2.75) is 44.6 Å². The number of nitriles is 1. The summed E-state index contributed by atoms with van der Waals surface area (Å²) in [6.45, 7) is 0. The third-order valence-electron chi connectivity index (χ3n) is 3.32. The Morgan fingerprint density at radius 1 is 1.18 bits per heavy atom. The fourth-order valence-corrected chi connectivity index (χ4v) is 2.55. The number of anilines is 1. The van der Waals surface area contributed by atoms with E-state index in [4.69, 9.17) is 16.9 Å². The van der Waals surface area contributed by atoms with Crippen molar-refractivity contribution < 1.29 is 0 Å². The summed E-state index contributed by atoms with van der Waals surface area (Å²) in [6, 6.07) is 8.09. The number of hydrogen-bond donors (Lipinski definition) is 1. The molecular weight excluding hydrogens is 232 g/mol. The Labute approximate surface area is 108 Å². The minimum atomic E-state index is 0.489. The molecule has 1 aliphatic rings. The molecule has 0 saturated heterocycles. The van der Waals surface area contributed by atoms with Gasteiger partial charge in [-0.15, -0.1) is 0 Å². The van der Waals surface area contributed by atoms with Crippen LogP contribution in [0.3, 0.4) is 0 Å². The maximum atomic E-state index is 9.06. The van der Waals surface area contributed by atoms with Crippen LogP contribution in [0, 0.1) is 11.3 Å². The van der Waals surface area contributed by atoms with E-state index in [1.54, 1.807) is 12.1 Å². The SMILES string of the molecule is N#Cc1ccc(Cl)cc1NC1CCCCCC1. The van der Waals surface area contributed by atoms with Gasteiger partial charge in [0.2, 0.25) is 0 Å². The maximum Gasteiger partial charge on any atom is 0.101 e. The largest absolute Gasteiger partial charge is 0.381 e. The van der Waals surface area contributed by atoms with Crippen molar-refractivity contribution in [3.05, 3.63) is 28.8 Å². The highest BCUT2D eigenvalue weighted by atomic mass is 35.5. The van der Waals surface area contributed by atoms with E-state index in [2.05, 4.69) is 11.4 Å². The maximum absolute atomic E-state index is 9.06. The van der Waals surface area contributed by atoms with Crippen LogP contribution in [0.1, 0.15) is 44.1 Å². The zero-order valence-electron chi connectivity index (χ0n) is 9.88. The number of benzene rings is 1. The highest BCUT2D eigenvalue weighted by Gasteiger charge is 2.13. The summed E-state index contributed by atoms with van der Waals surface area (Å²) in [7, 11) is 0. The minimum absolute atomic E-state index is 0.489. The summed E-state index contributed by atoms with van der Waals surface area (Å²) >= 11 is 5.97. The van der Waals surface area contributed by atoms with Crippen LogP contribution in [0.2, 0.25) is 5.02 Å². The Morgan fingerprint density at radius 3 is 2.53 bits per heavy atom. The third kappa shape index (κ3) is 3.38. The van der Waals surface area contributed by atoms with Crippen molar-refractivity contribution in [3.63, 3.8) is 0 Å². The molecule has 1 aromatic carbocycles. The van der Waals surface area contributed by atoms with E-state index in [1.165, 1.54) is 38.5 Å². The molecule has 0 atom stereocenters. The van der Waals surface area contributed by atoms with Crippen molar-refractivity contribution in [3.8, 4) is 6.07 Å². The van der Waals surface area contributed by atoms with Gasteiger partial charge in [-0.3, -0.25) is 0 Å². The standard InChI is InChI=1S/C14H17ClN2/c15-12-8-7-11(10-16)14(9-12)17-13-5-3-1-2-4-6-13/h7-9,13,17H,1-6H2. The normalized spacial score (nSPS) is 17.2. The summed E-state index contributed by atoms with van der Waals surface area (Å²) in [5.74, 6) is 0. The molecule has 0 heterocycles. The van der Waals surface area contributed by atoms with Gasteiger partial charge in [-0.2, -0.15) is 5.26 Å². The van der Waals surface area contributed by atoms with E-state index < -0.39 is 0 Å². The Bertz CT molecular complexity index is 415. The molecule has 0 unspecified atom stereocenters. The van der Waals surface area contributed by atoms with Gasteiger partial charge in [-0.25, -0.2) is 0 Å². The van der Waals surface area contributed by atoms with Gasteiger partial charge in [0.05, 0.1) is 11.3 Å². The van der Waals surface area contributed by atoms with Crippen molar-refractivity contribution in [1.29, 1.82) is 5.26 Å². The van der Waals surface area contributed by atoms with Gasteiger partial charge in [-0.05, 0) is 31.0 Å². The highest BCUT2D eigenvalue weighted by Crippen LogP contribution is 2.25.